The zero-order chi connectivity index (χ0) is 12.3. The summed E-state index contributed by atoms with van der Waals surface area (Å²) in [6.45, 7) is 1.98. The van der Waals surface area contributed by atoms with Crippen LogP contribution in [0.25, 0.3) is 0 Å². The molecule has 0 atom stereocenters. The Bertz CT molecular complexity index is 520. The molecule has 0 aliphatic heterocycles. The maximum absolute atomic E-state index is 12.6. The summed E-state index contributed by atoms with van der Waals surface area (Å²) in [5, 5.41) is 2.65. The molecule has 1 N–H and O–H groups in total. The first-order valence-electron chi connectivity index (χ1n) is 5.10. The number of aromatic nitrogens is 1. The summed E-state index contributed by atoms with van der Waals surface area (Å²) in [7, 11) is 0. The number of amides is 1. The second kappa shape index (κ2) is 4.78. The van der Waals surface area contributed by atoms with Crippen molar-refractivity contribution in [2.24, 2.45) is 0 Å². The topological polar surface area (TPSA) is 55.1 Å². The number of carbonyl (C=O) groups is 1. The van der Waals surface area contributed by atoms with Gasteiger partial charge in [-0.1, -0.05) is 12.1 Å². The molecule has 1 aromatic heterocycles. The van der Waals surface area contributed by atoms with E-state index in [1.807, 2.05) is 0 Å². The Labute approximate surface area is 97.5 Å². The SMILES string of the molecule is Cc1ncc(C(=O)NCc2ccc(F)cc2)o1. The Kier molecular flexibility index (Phi) is 3.18. The molecule has 1 heterocycles. The molecule has 0 spiro atoms. The van der Waals surface area contributed by atoms with Crippen molar-refractivity contribution in [3.8, 4) is 0 Å². The smallest absolute Gasteiger partial charge is 0.288 e. The van der Waals surface area contributed by atoms with Crippen LogP contribution in [0.4, 0.5) is 4.39 Å². The number of rotatable bonds is 3. The predicted octanol–water partition coefficient (Wildman–Crippen LogP) is 2.05. The molecule has 1 aromatic carbocycles. The Morgan fingerprint density at radius 1 is 1.41 bits per heavy atom. The van der Waals surface area contributed by atoms with Crippen LogP contribution >= 0.6 is 0 Å². The number of benzene rings is 1. The van der Waals surface area contributed by atoms with Crippen molar-refractivity contribution in [1.29, 1.82) is 0 Å². The van der Waals surface area contributed by atoms with Crippen molar-refractivity contribution in [2.45, 2.75) is 13.5 Å². The number of hydrogen-bond acceptors (Lipinski definition) is 3. The van der Waals surface area contributed by atoms with Gasteiger partial charge < -0.3 is 9.73 Å². The lowest BCUT2D eigenvalue weighted by molar-refractivity contribution is 0.0922. The Balaban J connectivity index is 1.94. The normalized spacial score (nSPS) is 10.2. The fourth-order valence-electron chi connectivity index (χ4n) is 1.34. The molecule has 2 aromatic rings. The largest absolute Gasteiger partial charge is 0.436 e. The molecule has 2 rings (SSSR count). The van der Waals surface area contributed by atoms with Gasteiger partial charge in [0.05, 0.1) is 6.20 Å². The first-order valence-corrected chi connectivity index (χ1v) is 5.10. The van der Waals surface area contributed by atoms with Crippen LogP contribution in [0.15, 0.2) is 34.9 Å². The van der Waals surface area contributed by atoms with Gasteiger partial charge in [0.1, 0.15) is 5.82 Å². The zero-order valence-corrected chi connectivity index (χ0v) is 9.24. The molecule has 0 saturated heterocycles. The van der Waals surface area contributed by atoms with E-state index in [0.717, 1.165) is 5.56 Å². The van der Waals surface area contributed by atoms with Crippen molar-refractivity contribution < 1.29 is 13.6 Å². The third-order valence-corrected chi connectivity index (χ3v) is 2.21. The van der Waals surface area contributed by atoms with Crippen LogP contribution in [0.2, 0.25) is 0 Å². The van der Waals surface area contributed by atoms with Crippen LogP contribution in [0.5, 0.6) is 0 Å². The van der Waals surface area contributed by atoms with Gasteiger partial charge in [0.25, 0.3) is 5.91 Å². The summed E-state index contributed by atoms with van der Waals surface area (Å²) in [6, 6.07) is 5.92. The predicted molar refractivity (Wildman–Crippen MR) is 58.8 cm³/mol. The minimum absolute atomic E-state index is 0.171. The number of nitrogens with zero attached hydrogens (tertiary/aromatic N) is 1. The number of hydrogen-bond donors (Lipinski definition) is 1. The number of nitrogens with one attached hydrogen (secondary N) is 1. The summed E-state index contributed by atoms with van der Waals surface area (Å²) in [5.74, 6) is -0.0256. The van der Waals surface area contributed by atoms with Gasteiger partial charge in [0, 0.05) is 13.5 Å². The summed E-state index contributed by atoms with van der Waals surface area (Å²) in [4.78, 5) is 15.4. The van der Waals surface area contributed by atoms with Gasteiger partial charge >= 0.3 is 0 Å². The highest BCUT2D eigenvalue weighted by Crippen LogP contribution is 2.04. The molecule has 5 heteroatoms. The first kappa shape index (κ1) is 11.3. The Hall–Kier alpha value is -2.17. The molecule has 1 amide bonds. The molecule has 0 aliphatic carbocycles. The molecule has 0 saturated carbocycles. The van der Waals surface area contributed by atoms with Gasteiger partial charge in [0.15, 0.2) is 5.89 Å². The summed E-state index contributed by atoms with van der Waals surface area (Å²) in [6.07, 6.45) is 1.37. The standard InChI is InChI=1S/C12H11FN2O2/c1-8-14-7-11(17-8)12(16)15-6-9-2-4-10(13)5-3-9/h2-5,7H,6H2,1H3,(H,15,16). The minimum Gasteiger partial charge on any atom is -0.436 e. The molecular formula is C12H11FN2O2. The second-order valence-electron chi connectivity index (χ2n) is 3.55. The highest BCUT2D eigenvalue weighted by Gasteiger charge is 2.10. The lowest BCUT2D eigenvalue weighted by Gasteiger charge is -2.02. The highest BCUT2D eigenvalue weighted by atomic mass is 19.1. The lowest BCUT2D eigenvalue weighted by Crippen LogP contribution is -2.22. The van der Waals surface area contributed by atoms with Crippen LogP contribution in [-0.2, 0) is 6.54 Å². The molecule has 17 heavy (non-hydrogen) atoms. The van der Waals surface area contributed by atoms with Crippen molar-refractivity contribution in [2.75, 3.05) is 0 Å². The first-order chi connectivity index (χ1) is 8.15. The zero-order valence-electron chi connectivity index (χ0n) is 9.24. The van der Waals surface area contributed by atoms with Crippen LogP contribution in [-0.4, -0.2) is 10.9 Å². The van der Waals surface area contributed by atoms with Gasteiger partial charge in [-0.05, 0) is 17.7 Å². The molecule has 88 valence electrons. The number of halogens is 1. The average Bonchev–Trinajstić information content (AvgIpc) is 2.75. The maximum atomic E-state index is 12.6. The molecule has 0 bridgehead atoms. The van der Waals surface area contributed by atoms with Gasteiger partial charge in [-0.2, -0.15) is 0 Å². The maximum Gasteiger partial charge on any atom is 0.288 e. The van der Waals surface area contributed by atoms with Crippen molar-refractivity contribution in [3.63, 3.8) is 0 Å². The quantitative estimate of drug-likeness (QED) is 0.884. The molecule has 0 unspecified atom stereocenters. The van der Waals surface area contributed by atoms with E-state index in [2.05, 4.69) is 10.3 Å². The van der Waals surface area contributed by atoms with E-state index >= 15 is 0 Å². The van der Waals surface area contributed by atoms with Crippen LogP contribution < -0.4 is 5.32 Å². The molecule has 0 fully saturated rings. The summed E-state index contributed by atoms with van der Waals surface area (Å²) >= 11 is 0. The van der Waals surface area contributed by atoms with E-state index in [1.54, 1.807) is 19.1 Å². The van der Waals surface area contributed by atoms with E-state index in [4.69, 9.17) is 4.42 Å². The van der Waals surface area contributed by atoms with E-state index in [1.165, 1.54) is 18.3 Å². The molecule has 0 aliphatic rings. The Morgan fingerprint density at radius 3 is 2.71 bits per heavy atom. The van der Waals surface area contributed by atoms with Crippen molar-refractivity contribution in [3.05, 3.63) is 53.5 Å². The lowest BCUT2D eigenvalue weighted by atomic mass is 10.2. The highest BCUT2D eigenvalue weighted by molar-refractivity contribution is 5.91. The second-order valence-corrected chi connectivity index (χ2v) is 3.55. The number of oxazole rings is 1. The van der Waals surface area contributed by atoms with E-state index < -0.39 is 0 Å². The van der Waals surface area contributed by atoms with Crippen molar-refractivity contribution >= 4 is 5.91 Å². The van der Waals surface area contributed by atoms with E-state index in [-0.39, 0.29) is 17.5 Å². The van der Waals surface area contributed by atoms with Crippen LogP contribution in [0.1, 0.15) is 22.0 Å². The fraction of sp³-hybridized carbons (Fsp3) is 0.167. The third-order valence-electron chi connectivity index (χ3n) is 2.21. The van der Waals surface area contributed by atoms with Gasteiger partial charge in [-0.3, -0.25) is 4.79 Å². The average molecular weight is 234 g/mol. The summed E-state index contributed by atoms with van der Waals surface area (Å²) in [5.41, 5.74) is 0.816. The number of carbonyl (C=O) groups excluding carboxylic acids is 1. The van der Waals surface area contributed by atoms with Gasteiger partial charge in [-0.15, -0.1) is 0 Å². The number of aryl methyl sites for hydroxylation is 1. The van der Waals surface area contributed by atoms with Gasteiger partial charge in [0.2, 0.25) is 5.76 Å². The van der Waals surface area contributed by atoms with E-state index in [9.17, 15) is 9.18 Å². The van der Waals surface area contributed by atoms with Gasteiger partial charge in [-0.25, -0.2) is 9.37 Å². The molecule has 4 nitrogen and oxygen atoms in total. The monoisotopic (exact) mass is 234 g/mol. The molecular weight excluding hydrogens is 223 g/mol. The fourth-order valence-corrected chi connectivity index (χ4v) is 1.34. The third kappa shape index (κ3) is 2.90. The summed E-state index contributed by atoms with van der Waals surface area (Å²) < 4.78 is 17.7. The van der Waals surface area contributed by atoms with Crippen LogP contribution in [0, 0.1) is 12.7 Å². The van der Waals surface area contributed by atoms with Crippen LogP contribution in [0.3, 0.4) is 0 Å². The van der Waals surface area contributed by atoms with E-state index in [0.29, 0.717) is 12.4 Å². The minimum atomic E-state index is -0.338. The van der Waals surface area contributed by atoms with Crippen molar-refractivity contribution in [1.82, 2.24) is 10.3 Å². The Morgan fingerprint density at radius 2 is 2.12 bits per heavy atom. The molecule has 0 radical (unpaired) electrons.